The summed E-state index contributed by atoms with van der Waals surface area (Å²) in [6, 6.07) is 0. The molecular formula is C13H22O4. The fraction of sp³-hybridized carbons (Fsp3) is 0.846. The lowest BCUT2D eigenvalue weighted by molar-refractivity contribution is -0.146. The molecule has 1 aliphatic heterocycles. The maximum atomic E-state index is 11.7. The number of Topliss-reactive ketones (excluding diaryl/α,β-unsaturated/α-hetero) is 1. The van der Waals surface area contributed by atoms with Gasteiger partial charge in [-0.1, -0.05) is 0 Å². The monoisotopic (exact) mass is 242 g/mol. The summed E-state index contributed by atoms with van der Waals surface area (Å²) in [5.74, 6) is -0.236. The summed E-state index contributed by atoms with van der Waals surface area (Å²) in [6.07, 6.45) is 2.18. The predicted octanol–water partition coefficient (Wildman–Crippen LogP) is 1.96. The highest BCUT2D eigenvalue weighted by Gasteiger charge is 2.34. The summed E-state index contributed by atoms with van der Waals surface area (Å²) in [6.45, 7) is 5.58. The highest BCUT2D eigenvalue weighted by molar-refractivity contribution is 5.83. The van der Waals surface area contributed by atoms with E-state index in [9.17, 15) is 9.59 Å². The Balaban J connectivity index is 2.69. The number of methoxy groups -OCH3 is 1. The van der Waals surface area contributed by atoms with Crippen LogP contribution in [0, 0.1) is 11.8 Å². The van der Waals surface area contributed by atoms with Crippen LogP contribution in [0.2, 0.25) is 0 Å². The SMILES string of the molecule is COC(=O)C[C@H](C(C)=O)C1C[C@@H](C)O[C@H](C)C1. The smallest absolute Gasteiger partial charge is 0.306 e. The quantitative estimate of drug-likeness (QED) is 0.707. The van der Waals surface area contributed by atoms with Crippen LogP contribution >= 0.6 is 0 Å². The van der Waals surface area contributed by atoms with Crippen LogP contribution in [0.25, 0.3) is 0 Å². The molecule has 0 aromatic rings. The average molecular weight is 242 g/mol. The van der Waals surface area contributed by atoms with Crippen LogP contribution in [0.1, 0.15) is 40.0 Å². The Hall–Kier alpha value is -0.900. The summed E-state index contributed by atoms with van der Waals surface area (Å²) >= 11 is 0. The van der Waals surface area contributed by atoms with Crippen molar-refractivity contribution in [3.05, 3.63) is 0 Å². The van der Waals surface area contributed by atoms with E-state index in [1.165, 1.54) is 7.11 Å². The Labute approximate surface area is 103 Å². The summed E-state index contributed by atoms with van der Waals surface area (Å²) in [5.41, 5.74) is 0. The molecule has 0 amide bonds. The van der Waals surface area contributed by atoms with E-state index in [2.05, 4.69) is 4.74 Å². The molecule has 0 aromatic heterocycles. The second-order valence-electron chi connectivity index (χ2n) is 4.99. The van der Waals surface area contributed by atoms with E-state index in [1.807, 2.05) is 13.8 Å². The Morgan fingerprint density at radius 1 is 1.29 bits per heavy atom. The van der Waals surface area contributed by atoms with E-state index in [-0.39, 0.29) is 42.2 Å². The second kappa shape index (κ2) is 6.15. The van der Waals surface area contributed by atoms with E-state index < -0.39 is 0 Å². The van der Waals surface area contributed by atoms with Crippen LogP contribution in [0.5, 0.6) is 0 Å². The van der Waals surface area contributed by atoms with Gasteiger partial charge in [0.1, 0.15) is 5.78 Å². The van der Waals surface area contributed by atoms with E-state index in [4.69, 9.17) is 4.74 Å². The van der Waals surface area contributed by atoms with Crippen LogP contribution in [0.15, 0.2) is 0 Å². The van der Waals surface area contributed by atoms with Crippen LogP contribution in [-0.2, 0) is 19.1 Å². The predicted molar refractivity (Wildman–Crippen MR) is 63.5 cm³/mol. The molecule has 0 spiro atoms. The van der Waals surface area contributed by atoms with E-state index in [0.717, 1.165) is 12.8 Å². The first-order valence-electron chi connectivity index (χ1n) is 6.16. The maximum Gasteiger partial charge on any atom is 0.306 e. The lowest BCUT2D eigenvalue weighted by Crippen LogP contribution is -2.36. The molecule has 1 rings (SSSR count). The number of hydrogen-bond acceptors (Lipinski definition) is 4. The Kier molecular flexibility index (Phi) is 5.12. The first kappa shape index (κ1) is 14.2. The van der Waals surface area contributed by atoms with E-state index in [0.29, 0.717) is 0 Å². The van der Waals surface area contributed by atoms with Crippen LogP contribution in [-0.4, -0.2) is 31.1 Å². The summed E-state index contributed by atoms with van der Waals surface area (Å²) in [7, 11) is 1.36. The van der Waals surface area contributed by atoms with Crippen molar-refractivity contribution in [2.75, 3.05) is 7.11 Å². The molecular weight excluding hydrogens is 220 g/mol. The third-order valence-corrected chi connectivity index (χ3v) is 3.44. The molecule has 1 aliphatic rings. The lowest BCUT2D eigenvalue weighted by Gasteiger charge is -2.35. The minimum absolute atomic E-state index is 0.0710. The molecule has 0 N–H and O–H groups in total. The molecule has 0 aliphatic carbocycles. The van der Waals surface area contributed by atoms with Gasteiger partial charge in [-0.05, 0) is 39.5 Å². The van der Waals surface area contributed by atoms with Crippen LogP contribution < -0.4 is 0 Å². The normalized spacial score (nSPS) is 30.7. The fourth-order valence-corrected chi connectivity index (χ4v) is 2.69. The van der Waals surface area contributed by atoms with Crippen molar-refractivity contribution in [1.29, 1.82) is 0 Å². The molecule has 0 aromatic carbocycles. The van der Waals surface area contributed by atoms with E-state index in [1.54, 1.807) is 6.92 Å². The number of rotatable bonds is 4. The molecule has 17 heavy (non-hydrogen) atoms. The second-order valence-corrected chi connectivity index (χ2v) is 4.99. The van der Waals surface area contributed by atoms with Gasteiger partial charge in [0, 0.05) is 5.92 Å². The molecule has 4 heteroatoms. The number of carbonyl (C=O) groups excluding carboxylic acids is 2. The summed E-state index contributed by atoms with van der Waals surface area (Å²) < 4.78 is 10.3. The zero-order valence-electron chi connectivity index (χ0n) is 11.1. The zero-order chi connectivity index (χ0) is 13.0. The molecule has 0 radical (unpaired) electrons. The molecule has 1 heterocycles. The Bertz CT molecular complexity index is 277. The van der Waals surface area contributed by atoms with Gasteiger partial charge in [-0.25, -0.2) is 0 Å². The van der Waals surface area contributed by atoms with Crippen molar-refractivity contribution in [3.63, 3.8) is 0 Å². The molecule has 0 unspecified atom stereocenters. The van der Waals surface area contributed by atoms with Gasteiger partial charge in [-0.2, -0.15) is 0 Å². The lowest BCUT2D eigenvalue weighted by atomic mass is 9.78. The van der Waals surface area contributed by atoms with Gasteiger partial charge in [0.05, 0.1) is 25.7 Å². The van der Waals surface area contributed by atoms with Gasteiger partial charge in [0.25, 0.3) is 0 Å². The van der Waals surface area contributed by atoms with Crippen LogP contribution in [0.3, 0.4) is 0 Å². The molecule has 1 saturated heterocycles. The minimum atomic E-state index is -0.308. The largest absolute Gasteiger partial charge is 0.469 e. The number of ketones is 1. The first-order chi connectivity index (χ1) is 7.93. The summed E-state index contributed by atoms with van der Waals surface area (Å²) in [4.78, 5) is 23.0. The van der Waals surface area contributed by atoms with Crippen molar-refractivity contribution in [2.45, 2.75) is 52.2 Å². The van der Waals surface area contributed by atoms with Crippen LogP contribution in [0.4, 0.5) is 0 Å². The molecule has 4 nitrogen and oxygen atoms in total. The third-order valence-electron chi connectivity index (χ3n) is 3.44. The molecule has 1 fully saturated rings. The fourth-order valence-electron chi connectivity index (χ4n) is 2.69. The maximum absolute atomic E-state index is 11.7. The van der Waals surface area contributed by atoms with Gasteiger partial charge in [0.15, 0.2) is 0 Å². The third kappa shape index (κ3) is 4.11. The zero-order valence-corrected chi connectivity index (χ0v) is 11.1. The number of esters is 1. The van der Waals surface area contributed by atoms with Crippen molar-refractivity contribution >= 4 is 11.8 Å². The molecule has 3 atom stereocenters. The highest BCUT2D eigenvalue weighted by atomic mass is 16.5. The molecule has 0 saturated carbocycles. The first-order valence-corrected chi connectivity index (χ1v) is 6.16. The molecule has 98 valence electrons. The number of carbonyl (C=O) groups is 2. The molecule has 0 bridgehead atoms. The average Bonchev–Trinajstić information content (AvgIpc) is 2.23. The van der Waals surface area contributed by atoms with Gasteiger partial charge < -0.3 is 9.47 Å². The van der Waals surface area contributed by atoms with E-state index >= 15 is 0 Å². The number of ether oxygens (including phenoxy) is 2. The van der Waals surface area contributed by atoms with Crippen molar-refractivity contribution in [2.24, 2.45) is 11.8 Å². The minimum Gasteiger partial charge on any atom is -0.469 e. The van der Waals surface area contributed by atoms with Crippen molar-refractivity contribution in [3.8, 4) is 0 Å². The van der Waals surface area contributed by atoms with Gasteiger partial charge in [0.2, 0.25) is 0 Å². The van der Waals surface area contributed by atoms with Gasteiger partial charge in [-0.3, -0.25) is 9.59 Å². The standard InChI is InChI=1S/C13H22O4/c1-8-5-11(6-9(2)17-8)12(10(3)14)7-13(15)16-4/h8-9,11-12H,5-7H2,1-4H3/t8-,9-,12-/m1/s1. The Morgan fingerprint density at radius 3 is 2.24 bits per heavy atom. The Morgan fingerprint density at radius 2 is 1.82 bits per heavy atom. The summed E-state index contributed by atoms with van der Waals surface area (Å²) in [5, 5.41) is 0. The topological polar surface area (TPSA) is 52.6 Å². The van der Waals surface area contributed by atoms with Gasteiger partial charge in [-0.15, -0.1) is 0 Å². The van der Waals surface area contributed by atoms with Crippen molar-refractivity contribution in [1.82, 2.24) is 0 Å². The van der Waals surface area contributed by atoms with Crippen molar-refractivity contribution < 1.29 is 19.1 Å². The number of hydrogen-bond donors (Lipinski definition) is 0. The highest BCUT2D eigenvalue weighted by Crippen LogP contribution is 2.33. The van der Waals surface area contributed by atoms with Gasteiger partial charge >= 0.3 is 5.97 Å².